The lowest BCUT2D eigenvalue weighted by atomic mass is 10.2. The van der Waals surface area contributed by atoms with Crippen molar-refractivity contribution in [1.29, 1.82) is 0 Å². The number of nitrogens with one attached hydrogen (secondary N) is 2. The normalized spacial score (nSPS) is 11.0. The Morgan fingerprint density at radius 3 is 2.58 bits per heavy atom. The van der Waals surface area contributed by atoms with Gasteiger partial charge in [-0.1, -0.05) is 34.1 Å². The summed E-state index contributed by atoms with van der Waals surface area (Å²) in [5.74, 6) is -0.941. The van der Waals surface area contributed by atoms with Crippen molar-refractivity contribution in [1.82, 2.24) is 5.43 Å². The van der Waals surface area contributed by atoms with E-state index in [9.17, 15) is 14.7 Å². The number of carbonyl (C=O) groups excluding carboxylic acids is 2. The largest absolute Gasteiger partial charge is 0.507 e. The number of anilines is 1. The zero-order valence-electron chi connectivity index (χ0n) is 12.9. The van der Waals surface area contributed by atoms with E-state index < -0.39 is 5.91 Å². The van der Waals surface area contributed by atoms with E-state index in [0.717, 1.165) is 0 Å². The molecule has 2 aromatic rings. The highest BCUT2D eigenvalue weighted by atomic mass is 79.9. The number of aromatic hydroxyl groups is 1. The Hall–Kier alpha value is -2.67. The molecule has 0 aliphatic carbocycles. The number of rotatable bonds is 5. The predicted molar refractivity (Wildman–Crippen MR) is 96.1 cm³/mol. The van der Waals surface area contributed by atoms with E-state index in [1.807, 2.05) is 18.2 Å². The van der Waals surface area contributed by atoms with Crippen molar-refractivity contribution in [3.63, 3.8) is 0 Å². The van der Waals surface area contributed by atoms with Gasteiger partial charge in [0.25, 0.3) is 5.91 Å². The van der Waals surface area contributed by atoms with Crippen LogP contribution in [-0.2, 0) is 4.79 Å². The quantitative estimate of drug-likeness (QED) is 0.541. The minimum Gasteiger partial charge on any atom is -0.507 e. The van der Waals surface area contributed by atoms with Crippen LogP contribution in [0.1, 0.15) is 23.7 Å². The van der Waals surface area contributed by atoms with E-state index in [1.165, 1.54) is 12.1 Å². The Balaban J connectivity index is 1.92. The fourth-order valence-electron chi connectivity index (χ4n) is 1.90. The Labute approximate surface area is 147 Å². The van der Waals surface area contributed by atoms with Crippen molar-refractivity contribution in [2.45, 2.75) is 13.3 Å². The molecule has 2 amide bonds. The molecule has 0 unspecified atom stereocenters. The number of phenols is 1. The van der Waals surface area contributed by atoms with Gasteiger partial charge < -0.3 is 10.4 Å². The molecule has 3 N–H and O–H groups in total. The summed E-state index contributed by atoms with van der Waals surface area (Å²) in [6.45, 7) is 1.63. The third-order valence-electron chi connectivity index (χ3n) is 3.03. The summed E-state index contributed by atoms with van der Waals surface area (Å²) >= 11 is 3.23. The first-order chi connectivity index (χ1) is 11.5. The Morgan fingerprint density at radius 2 is 1.88 bits per heavy atom. The van der Waals surface area contributed by atoms with Gasteiger partial charge in [-0.3, -0.25) is 9.59 Å². The molecule has 0 spiro atoms. The van der Waals surface area contributed by atoms with E-state index >= 15 is 0 Å². The average molecular weight is 390 g/mol. The summed E-state index contributed by atoms with van der Waals surface area (Å²) in [5, 5.41) is 16.3. The highest BCUT2D eigenvalue weighted by molar-refractivity contribution is 9.10. The Kier molecular flexibility index (Phi) is 6.08. The molecule has 0 atom stereocenters. The highest BCUT2D eigenvalue weighted by Crippen LogP contribution is 2.21. The molecule has 124 valence electrons. The average Bonchev–Trinajstić information content (AvgIpc) is 2.55. The van der Waals surface area contributed by atoms with Gasteiger partial charge in [-0.05, 0) is 37.3 Å². The molecule has 2 rings (SSSR count). The summed E-state index contributed by atoms with van der Waals surface area (Å²) in [6, 6.07) is 13.6. The maximum absolute atomic E-state index is 12.0. The number of benzene rings is 2. The maximum atomic E-state index is 12.0. The number of carbonyl (C=O) groups is 2. The van der Waals surface area contributed by atoms with Crippen LogP contribution in [0.2, 0.25) is 0 Å². The van der Waals surface area contributed by atoms with Crippen LogP contribution < -0.4 is 10.7 Å². The monoisotopic (exact) mass is 389 g/mol. The first-order valence-corrected chi connectivity index (χ1v) is 7.92. The van der Waals surface area contributed by atoms with Gasteiger partial charge in [0.05, 0.1) is 12.0 Å². The lowest BCUT2D eigenvalue weighted by Gasteiger charge is -2.06. The molecule has 0 aromatic heterocycles. The minimum absolute atomic E-state index is 0.0413. The molecule has 0 radical (unpaired) electrons. The third-order valence-corrected chi connectivity index (χ3v) is 3.52. The molecule has 0 aliphatic rings. The van der Waals surface area contributed by atoms with Gasteiger partial charge >= 0.3 is 0 Å². The lowest BCUT2D eigenvalue weighted by molar-refractivity contribution is -0.115. The molecule has 2 aromatic carbocycles. The molecule has 6 nitrogen and oxygen atoms in total. The standard InChI is InChI=1S/C17H16BrN3O3/c1-11(9-16(23)19-13-5-3-2-4-6-13)20-21-17(24)14-10-12(18)7-8-15(14)22/h2-8,10,22H,9H2,1H3,(H,19,23)(H,21,24)/b20-11-. The van der Waals surface area contributed by atoms with Crippen LogP contribution in [-0.4, -0.2) is 22.6 Å². The second-order valence-electron chi connectivity index (χ2n) is 5.04. The van der Waals surface area contributed by atoms with Gasteiger partial charge in [0.1, 0.15) is 5.75 Å². The molecule has 0 fully saturated rings. The first kappa shape index (κ1) is 17.7. The van der Waals surface area contributed by atoms with Gasteiger partial charge in [0.15, 0.2) is 0 Å². The number of para-hydroxylation sites is 1. The number of hydrazone groups is 1. The number of amides is 2. The van der Waals surface area contributed by atoms with E-state index in [2.05, 4.69) is 31.8 Å². The number of hydrogen-bond acceptors (Lipinski definition) is 4. The fraction of sp³-hybridized carbons (Fsp3) is 0.118. The van der Waals surface area contributed by atoms with Gasteiger partial charge in [0.2, 0.25) is 5.91 Å². The summed E-state index contributed by atoms with van der Waals surface area (Å²) in [5.41, 5.74) is 3.55. The molecule has 24 heavy (non-hydrogen) atoms. The minimum atomic E-state index is -0.559. The zero-order chi connectivity index (χ0) is 17.5. The first-order valence-electron chi connectivity index (χ1n) is 7.12. The number of hydrogen-bond donors (Lipinski definition) is 3. The number of phenolic OH excluding ortho intramolecular Hbond substituents is 1. The highest BCUT2D eigenvalue weighted by Gasteiger charge is 2.11. The summed E-state index contributed by atoms with van der Waals surface area (Å²) in [7, 11) is 0. The van der Waals surface area contributed by atoms with Gasteiger partial charge in [-0.2, -0.15) is 5.10 Å². The Bertz CT molecular complexity index is 776. The molecule has 0 saturated carbocycles. The third kappa shape index (κ3) is 5.20. The SMILES string of the molecule is C/C(CC(=O)Nc1ccccc1)=N/NC(=O)c1cc(Br)ccc1O. The van der Waals surface area contributed by atoms with Gasteiger partial charge in [0, 0.05) is 15.9 Å². The molecule has 0 saturated heterocycles. The van der Waals surface area contributed by atoms with Crippen LogP contribution in [0.25, 0.3) is 0 Å². The topological polar surface area (TPSA) is 90.8 Å². The van der Waals surface area contributed by atoms with Crippen LogP contribution in [0.15, 0.2) is 58.1 Å². The molecule has 0 aliphatic heterocycles. The lowest BCUT2D eigenvalue weighted by Crippen LogP contribution is -2.21. The predicted octanol–water partition coefficient (Wildman–Crippen LogP) is 3.29. The molecule has 0 heterocycles. The van der Waals surface area contributed by atoms with Crippen molar-refractivity contribution in [2.24, 2.45) is 5.10 Å². The maximum Gasteiger partial charge on any atom is 0.275 e. The number of nitrogens with zero attached hydrogens (tertiary/aromatic N) is 1. The van der Waals surface area contributed by atoms with Crippen LogP contribution >= 0.6 is 15.9 Å². The molecular formula is C17H16BrN3O3. The second kappa shape index (κ2) is 8.26. The number of halogens is 1. The van der Waals surface area contributed by atoms with Crippen molar-refractivity contribution >= 4 is 39.1 Å². The van der Waals surface area contributed by atoms with Crippen LogP contribution in [0.4, 0.5) is 5.69 Å². The zero-order valence-corrected chi connectivity index (χ0v) is 14.5. The van der Waals surface area contributed by atoms with Crippen molar-refractivity contribution in [3.8, 4) is 5.75 Å². The molecule has 7 heteroatoms. The smallest absolute Gasteiger partial charge is 0.275 e. The summed E-state index contributed by atoms with van der Waals surface area (Å²) < 4.78 is 0.661. The van der Waals surface area contributed by atoms with Gasteiger partial charge in [-0.15, -0.1) is 0 Å². The van der Waals surface area contributed by atoms with Crippen LogP contribution in [0.5, 0.6) is 5.75 Å². The van der Waals surface area contributed by atoms with E-state index in [1.54, 1.807) is 25.1 Å². The second-order valence-corrected chi connectivity index (χ2v) is 5.96. The van der Waals surface area contributed by atoms with Crippen LogP contribution in [0.3, 0.4) is 0 Å². The van der Waals surface area contributed by atoms with Crippen LogP contribution in [0, 0.1) is 0 Å². The fourth-order valence-corrected chi connectivity index (χ4v) is 2.26. The van der Waals surface area contributed by atoms with Gasteiger partial charge in [-0.25, -0.2) is 5.43 Å². The van der Waals surface area contributed by atoms with Crippen molar-refractivity contribution in [3.05, 3.63) is 58.6 Å². The van der Waals surface area contributed by atoms with Crippen molar-refractivity contribution < 1.29 is 14.7 Å². The summed E-state index contributed by atoms with van der Waals surface area (Å²) in [4.78, 5) is 23.9. The Morgan fingerprint density at radius 1 is 1.17 bits per heavy atom. The summed E-state index contributed by atoms with van der Waals surface area (Å²) in [6.07, 6.45) is 0.0413. The van der Waals surface area contributed by atoms with E-state index in [4.69, 9.17) is 0 Å². The van der Waals surface area contributed by atoms with Crippen molar-refractivity contribution in [2.75, 3.05) is 5.32 Å². The molecule has 0 bridgehead atoms. The van der Waals surface area contributed by atoms with E-state index in [-0.39, 0.29) is 23.6 Å². The van der Waals surface area contributed by atoms with E-state index in [0.29, 0.717) is 15.9 Å². The molecular weight excluding hydrogens is 374 g/mol.